The first kappa shape index (κ1) is 12.0. The van der Waals surface area contributed by atoms with Gasteiger partial charge in [-0.25, -0.2) is 0 Å². The number of hydrogen-bond donors (Lipinski definition) is 2. The van der Waals surface area contributed by atoms with Crippen LogP contribution in [0.15, 0.2) is 24.4 Å². The molecule has 0 saturated carbocycles. The Kier molecular flexibility index (Phi) is 5.14. The third-order valence-electron chi connectivity index (χ3n) is 1.67. The topological polar surface area (TPSA) is 68.0 Å². The molecule has 1 heterocycles. The van der Waals surface area contributed by atoms with Crippen LogP contribution in [0.2, 0.25) is 0 Å². The van der Waals surface area contributed by atoms with Gasteiger partial charge < -0.3 is 11.1 Å². The molecular weight excluding hydrogens is 210 g/mol. The van der Waals surface area contributed by atoms with E-state index >= 15 is 0 Å². The average Bonchev–Trinajstić information content (AvgIpc) is 2.18. The third kappa shape index (κ3) is 5.39. The Hall–Kier alpha value is -1.07. The van der Waals surface area contributed by atoms with Crippen molar-refractivity contribution >= 4 is 17.0 Å². The van der Waals surface area contributed by atoms with E-state index in [-0.39, 0.29) is 10.6 Å². The number of amides is 1. The van der Waals surface area contributed by atoms with Gasteiger partial charge in [-0.1, -0.05) is 6.07 Å². The van der Waals surface area contributed by atoms with Gasteiger partial charge in [-0.15, -0.1) is 0 Å². The summed E-state index contributed by atoms with van der Waals surface area (Å²) in [5, 5.41) is 2.52. The lowest BCUT2D eigenvalue weighted by Gasteiger charge is -2.05. The molecule has 1 atom stereocenters. The molecule has 0 aromatic carbocycles. The fraction of sp³-hybridized carbons (Fsp3) is 0.400. The quantitative estimate of drug-likeness (QED) is 0.759. The summed E-state index contributed by atoms with van der Waals surface area (Å²) < 4.78 is 0. The molecule has 3 N–H and O–H groups in total. The third-order valence-corrected chi connectivity index (χ3v) is 2.40. The second-order valence-electron chi connectivity index (χ2n) is 3.11. The van der Waals surface area contributed by atoms with Crippen LogP contribution in [0.5, 0.6) is 0 Å². The van der Waals surface area contributed by atoms with Gasteiger partial charge in [0.25, 0.3) is 5.24 Å². The highest BCUT2D eigenvalue weighted by atomic mass is 32.2. The first-order valence-corrected chi connectivity index (χ1v) is 5.66. The number of nitrogens with one attached hydrogen (secondary N) is 1. The van der Waals surface area contributed by atoms with Gasteiger partial charge in [-0.2, -0.15) is 0 Å². The lowest BCUT2D eigenvalue weighted by Crippen LogP contribution is -2.25. The molecule has 0 spiro atoms. The zero-order chi connectivity index (χ0) is 11.1. The summed E-state index contributed by atoms with van der Waals surface area (Å²) in [6.45, 7) is 2.37. The van der Waals surface area contributed by atoms with E-state index in [0.717, 1.165) is 23.9 Å². The highest BCUT2D eigenvalue weighted by Gasteiger charge is 2.04. The summed E-state index contributed by atoms with van der Waals surface area (Å²) in [6.07, 6.45) is 2.49. The van der Waals surface area contributed by atoms with Gasteiger partial charge in [-0.3, -0.25) is 9.78 Å². The Bertz CT molecular complexity index is 303. The van der Waals surface area contributed by atoms with Crippen LogP contribution >= 0.6 is 11.8 Å². The lowest BCUT2D eigenvalue weighted by atomic mass is 10.3. The van der Waals surface area contributed by atoms with Crippen LogP contribution in [0.3, 0.4) is 0 Å². The zero-order valence-electron chi connectivity index (χ0n) is 8.64. The van der Waals surface area contributed by atoms with Crippen molar-refractivity contribution < 1.29 is 4.79 Å². The smallest absolute Gasteiger partial charge is 0.280 e. The van der Waals surface area contributed by atoms with Crippen molar-refractivity contribution in [2.24, 2.45) is 5.73 Å². The maximum Gasteiger partial charge on any atom is 0.280 e. The number of carbonyl (C=O) groups is 1. The Morgan fingerprint density at radius 3 is 3.07 bits per heavy atom. The first-order valence-electron chi connectivity index (χ1n) is 4.78. The van der Waals surface area contributed by atoms with Gasteiger partial charge in [0.2, 0.25) is 0 Å². The van der Waals surface area contributed by atoms with Crippen LogP contribution < -0.4 is 11.1 Å². The first-order chi connectivity index (χ1) is 7.18. The molecule has 0 fully saturated rings. The molecule has 1 aromatic heterocycles. The fourth-order valence-electron chi connectivity index (χ4n) is 1.05. The van der Waals surface area contributed by atoms with Gasteiger partial charge in [0, 0.05) is 24.9 Å². The molecular formula is C10H15N3OS. The van der Waals surface area contributed by atoms with E-state index in [2.05, 4.69) is 10.3 Å². The second-order valence-corrected chi connectivity index (χ2v) is 4.46. The van der Waals surface area contributed by atoms with Gasteiger partial charge in [-0.05, 0) is 30.8 Å². The molecule has 15 heavy (non-hydrogen) atoms. The Morgan fingerprint density at radius 2 is 2.47 bits per heavy atom. The number of aromatic nitrogens is 1. The molecule has 1 unspecified atom stereocenters. The predicted octanol–water partition coefficient (Wildman–Crippen LogP) is 1.37. The molecule has 0 aliphatic heterocycles. The normalized spacial score (nSPS) is 12.1. The number of carbonyl (C=O) groups excluding carboxylic acids is 1. The van der Waals surface area contributed by atoms with Crippen LogP contribution in [0.1, 0.15) is 12.6 Å². The van der Waals surface area contributed by atoms with E-state index in [1.165, 1.54) is 0 Å². The van der Waals surface area contributed by atoms with Crippen molar-refractivity contribution in [2.75, 3.05) is 6.54 Å². The minimum atomic E-state index is -0.167. The molecule has 0 bridgehead atoms. The fourth-order valence-corrected chi connectivity index (χ4v) is 1.57. The Morgan fingerprint density at radius 1 is 1.67 bits per heavy atom. The number of thioether (sulfide) groups is 1. The molecule has 82 valence electrons. The molecule has 5 heteroatoms. The summed E-state index contributed by atoms with van der Waals surface area (Å²) in [4.78, 5) is 15.3. The molecule has 1 aromatic rings. The SMILES string of the molecule is CC(N)SC(=O)NCCc1ccccn1. The van der Waals surface area contributed by atoms with E-state index in [0.29, 0.717) is 6.54 Å². The minimum Gasteiger partial charge on any atom is -0.347 e. The van der Waals surface area contributed by atoms with Gasteiger partial charge in [0.05, 0.1) is 5.37 Å². The summed E-state index contributed by atoms with van der Waals surface area (Å²) in [7, 11) is 0. The minimum absolute atomic E-state index is 0.0825. The molecule has 1 amide bonds. The number of hydrogen-bond acceptors (Lipinski definition) is 4. The van der Waals surface area contributed by atoms with Crippen molar-refractivity contribution in [1.82, 2.24) is 10.3 Å². The molecule has 0 radical (unpaired) electrons. The standard InChI is InChI=1S/C10H15N3OS/c1-8(11)15-10(14)13-7-5-9-4-2-3-6-12-9/h2-4,6,8H,5,7,11H2,1H3,(H,13,14). The highest BCUT2D eigenvalue weighted by molar-refractivity contribution is 8.14. The van der Waals surface area contributed by atoms with Gasteiger partial charge >= 0.3 is 0 Å². The summed E-state index contributed by atoms with van der Waals surface area (Å²) in [5.41, 5.74) is 6.44. The molecule has 0 saturated heterocycles. The Balaban J connectivity index is 2.19. The van der Waals surface area contributed by atoms with E-state index in [4.69, 9.17) is 5.73 Å². The van der Waals surface area contributed by atoms with Crippen LogP contribution in [-0.4, -0.2) is 22.1 Å². The van der Waals surface area contributed by atoms with Crippen LogP contribution in [0.4, 0.5) is 4.79 Å². The summed E-state index contributed by atoms with van der Waals surface area (Å²) in [5.74, 6) is 0. The van der Waals surface area contributed by atoms with Gasteiger partial charge in [0.15, 0.2) is 0 Å². The van der Waals surface area contributed by atoms with Crippen molar-refractivity contribution in [1.29, 1.82) is 0 Å². The monoisotopic (exact) mass is 225 g/mol. The summed E-state index contributed by atoms with van der Waals surface area (Å²) >= 11 is 1.10. The van der Waals surface area contributed by atoms with E-state index < -0.39 is 0 Å². The van der Waals surface area contributed by atoms with Crippen LogP contribution in [0, 0.1) is 0 Å². The largest absolute Gasteiger partial charge is 0.347 e. The molecule has 1 rings (SSSR count). The number of rotatable bonds is 4. The van der Waals surface area contributed by atoms with Gasteiger partial charge in [0.1, 0.15) is 0 Å². The van der Waals surface area contributed by atoms with E-state index in [9.17, 15) is 4.79 Å². The lowest BCUT2D eigenvalue weighted by molar-refractivity contribution is 0.260. The van der Waals surface area contributed by atoms with E-state index in [1.54, 1.807) is 13.1 Å². The summed E-state index contributed by atoms with van der Waals surface area (Å²) in [6, 6.07) is 5.74. The molecule has 4 nitrogen and oxygen atoms in total. The second kappa shape index (κ2) is 6.42. The number of nitrogens with zero attached hydrogens (tertiary/aromatic N) is 1. The van der Waals surface area contributed by atoms with Crippen molar-refractivity contribution in [3.8, 4) is 0 Å². The maximum atomic E-state index is 11.2. The van der Waals surface area contributed by atoms with Crippen LogP contribution in [-0.2, 0) is 6.42 Å². The van der Waals surface area contributed by atoms with Crippen molar-refractivity contribution in [3.05, 3.63) is 30.1 Å². The zero-order valence-corrected chi connectivity index (χ0v) is 9.46. The van der Waals surface area contributed by atoms with Crippen molar-refractivity contribution in [3.63, 3.8) is 0 Å². The van der Waals surface area contributed by atoms with Crippen molar-refractivity contribution in [2.45, 2.75) is 18.7 Å². The molecule has 0 aliphatic carbocycles. The predicted molar refractivity (Wildman–Crippen MR) is 62.6 cm³/mol. The average molecular weight is 225 g/mol. The van der Waals surface area contributed by atoms with Crippen LogP contribution in [0.25, 0.3) is 0 Å². The highest BCUT2D eigenvalue weighted by Crippen LogP contribution is 2.04. The molecule has 0 aliphatic rings. The number of nitrogens with two attached hydrogens (primary N) is 1. The number of pyridine rings is 1. The van der Waals surface area contributed by atoms with E-state index in [1.807, 2.05) is 18.2 Å². The Labute approximate surface area is 93.7 Å². The maximum absolute atomic E-state index is 11.2.